The second kappa shape index (κ2) is 6.74. The third kappa shape index (κ3) is 4.93. The van der Waals surface area contributed by atoms with E-state index in [9.17, 15) is 18.0 Å². The van der Waals surface area contributed by atoms with Gasteiger partial charge in [0, 0.05) is 10.7 Å². The quantitative estimate of drug-likeness (QED) is 0.678. The molecular formula is C9H7Br2ClN2O5S. The lowest BCUT2D eigenvalue weighted by atomic mass is 10.3. The number of imide groups is 1. The highest BCUT2D eigenvalue weighted by atomic mass is 79.9. The minimum atomic E-state index is -3.90. The zero-order valence-corrected chi connectivity index (χ0v) is 14.3. The SMILES string of the molecule is NC(=O)NC(=O)COc1c(Br)cc(S(=O)(=O)Cl)cc1Br. The molecule has 20 heavy (non-hydrogen) atoms. The molecule has 3 amide bonds. The van der Waals surface area contributed by atoms with Crippen LogP contribution in [0.3, 0.4) is 0 Å². The van der Waals surface area contributed by atoms with Crippen molar-refractivity contribution in [2.24, 2.45) is 5.73 Å². The summed E-state index contributed by atoms with van der Waals surface area (Å²) in [5, 5.41) is 1.81. The Morgan fingerprint density at radius 1 is 1.30 bits per heavy atom. The molecule has 3 N–H and O–H groups in total. The molecule has 0 heterocycles. The fraction of sp³-hybridized carbons (Fsp3) is 0.111. The summed E-state index contributed by atoms with van der Waals surface area (Å²) in [5.41, 5.74) is 4.76. The molecule has 0 aliphatic rings. The van der Waals surface area contributed by atoms with Crippen molar-refractivity contribution in [3.05, 3.63) is 21.1 Å². The fourth-order valence-corrected chi connectivity index (χ4v) is 3.63. The number of carbonyl (C=O) groups is 2. The molecule has 0 atom stereocenters. The first-order valence-electron chi connectivity index (χ1n) is 4.77. The number of benzene rings is 1. The zero-order chi connectivity index (χ0) is 15.5. The van der Waals surface area contributed by atoms with Crippen LogP contribution in [0.15, 0.2) is 26.0 Å². The van der Waals surface area contributed by atoms with E-state index in [-0.39, 0.29) is 19.6 Å². The van der Waals surface area contributed by atoms with Crippen molar-refractivity contribution >= 4 is 63.5 Å². The van der Waals surface area contributed by atoms with Crippen LogP contribution in [0.2, 0.25) is 0 Å². The van der Waals surface area contributed by atoms with Crippen LogP contribution in [0.4, 0.5) is 4.79 Å². The van der Waals surface area contributed by atoms with Crippen LogP contribution in [0.5, 0.6) is 5.75 Å². The summed E-state index contributed by atoms with van der Waals surface area (Å²) in [7, 11) is 1.32. The highest BCUT2D eigenvalue weighted by Crippen LogP contribution is 2.36. The predicted octanol–water partition coefficient (Wildman–Crippen LogP) is 1.71. The van der Waals surface area contributed by atoms with Gasteiger partial charge in [0.05, 0.1) is 13.8 Å². The molecule has 0 aromatic heterocycles. The molecule has 0 saturated carbocycles. The predicted molar refractivity (Wildman–Crippen MR) is 78.1 cm³/mol. The summed E-state index contributed by atoms with van der Waals surface area (Å²) in [6.45, 7) is -0.479. The maximum Gasteiger partial charge on any atom is 0.318 e. The Morgan fingerprint density at radius 2 is 1.80 bits per heavy atom. The lowest BCUT2D eigenvalue weighted by Gasteiger charge is -2.10. The Bertz CT molecular complexity index is 641. The number of ether oxygens (including phenoxy) is 1. The van der Waals surface area contributed by atoms with Crippen LogP contribution in [-0.2, 0) is 13.8 Å². The molecule has 0 fully saturated rings. The van der Waals surface area contributed by atoms with Crippen LogP contribution in [0.1, 0.15) is 0 Å². The number of hydrogen-bond acceptors (Lipinski definition) is 5. The number of primary amides is 1. The minimum Gasteiger partial charge on any atom is -0.481 e. The Kier molecular flexibility index (Phi) is 5.80. The van der Waals surface area contributed by atoms with Crippen molar-refractivity contribution in [1.29, 1.82) is 0 Å². The lowest BCUT2D eigenvalue weighted by Crippen LogP contribution is -2.38. The van der Waals surface area contributed by atoms with Gasteiger partial charge in [0.2, 0.25) is 0 Å². The highest BCUT2D eigenvalue weighted by molar-refractivity contribution is 9.11. The number of carbonyl (C=O) groups excluding carboxylic acids is 2. The average molecular weight is 450 g/mol. The molecule has 0 aliphatic carbocycles. The number of rotatable bonds is 4. The van der Waals surface area contributed by atoms with Gasteiger partial charge in [-0.05, 0) is 44.0 Å². The van der Waals surface area contributed by atoms with E-state index in [0.717, 1.165) is 0 Å². The van der Waals surface area contributed by atoms with Crippen molar-refractivity contribution in [1.82, 2.24) is 5.32 Å². The summed E-state index contributed by atoms with van der Waals surface area (Å²) in [4.78, 5) is 21.5. The standard InChI is InChI=1S/C9H7Br2ClN2O5S/c10-5-1-4(20(12,17)18)2-6(11)8(5)19-3-7(15)14-9(13)16/h1-2H,3H2,(H3,13,14,15,16). The summed E-state index contributed by atoms with van der Waals surface area (Å²) in [6, 6.07) is 1.43. The lowest BCUT2D eigenvalue weighted by molar-refractivity contribution is -0.121. The molecular weight excluding hydrogens is 443 g/mol. The molecule has 0 unspecified atom stereocenters. The summed E-state index contributed by atoms with van der Waals surface area (Å²) in [5.74, 6) is -0.570. The van der Waals surface area contributed by atoms with E-state index in [2.05, 4.69) is 31.9 Å². The Balaban J connectivity index is 2.93. The van der Waals surface area contributed by atoms with E-state index >= 15 is 0 Å². The van der Waals surface area contributed by atoms with Crippen molar-refractivity contribution in [2.45, 2.75) is 4.90 Å². The molecule has 11 heteroatoms. The van der Waals surface area contributed by atoms with E-state index in [4.69, 9.17) is 21.2 Å². The average Bonchev–Trinajstić information content (AvgIpc) is 2.25. The molecule has 1 rings (SSSR count). The number of nitrogens with two attached hydrogens (primary N) is 1. The van der Waals surface area contributed by atoms with E-state index in [1.54, 1.807) is 0 Å². The Morgan fingerprint density at radius 3 is 2.20 bits per heavy atom. The largest absolute Gasteiger partial charge is 0.481 e. The summed E-state index contributed by atoms with van der Waals surface area (Å²) >= 11 is 6.18. The molecule has 0 radical (unpaired) electrons. The van der Waals surface area contributed by atoms with E-state index < -0.39 is 27.6 Å². The molecule has 0 saturated heterocycles. The fourth-order valence-electron chi connectivity index (χ4n) is 1.13. The third-order valence-corrected chi connectivity index (χ3v) is 4.37. The second-order valence-electron chi connectivity index (χ2n) is 3.35. The van der Waals surface area contributed by atoms with E-state index in [1.807, 2.05) is 5.32 Å². The molecule has 1 aromatic carbocycles. The molecule has 0 bridgehead atoms. The van der Waals surface area contributed by atoms with Crippen LogP contribution in [-0.4, -0.2) is 27.0 Å². The van der Waals surface area contributed by atoms with Gasteiger partial charge in [-0.25, -0.2) is 13.2 Å². The van der Waals surface area contributed by atoms with Crippen LogP contribution in [0.25, 0.3) is 0 Å². The molecule has 110 valence electrons. The smallest absolute Gasteiger partial charge is 0.318 e. The zero-order valence-electron chi connectivity index (χ0n) is 9.52. The van der Waals surface area contributed by atoms with Crippen molar-refractivity contribution in [3.8, 4) is 5.75 Å². The van der Waals surface area contributed by atoms with Gasteiger partial charge in [-0.15, -0.1) is 0 Å². The van der Waals surface area contributed by atoms with E-state index in [0.29, 0.717) is 0 Å². The third-order valence-electron chi connectivity index (χ3n) is 1.86. The summed E-state index contributed by atoms with van der Waals surface area (Å²) < 4.78 is 28.1. The molecule has 0 aliphatic heterocycles. The van der Waals surface area contributed by atoms with Gasteiger partial charge in [-0.3, -0.25) is 10.1 Å². The first kappa shape index (κ1) is 17.2. The second-order valence-corrected chi connectivity index (χ2v) is 7.63. The van der Waals surface area contributed by atoms with Gasteiger partial charge in [0.1, 0.15) is 5.75 Å². The van der Waals surface area contributed by atoms with Gasteiger partial charge in [0.25, 0.3) is 15.0 Å². The highest BCUT2D eigenvalue weighted by Gasteiger charge is 2.17. The number of amides is 3. The first-order valence-corrected chi connectivity index (χ1v) is 8.66. The Hall–Kier alpha value is -0.840. The van der Waals surface area contributed by atoms with Crippen molar-refractivity contribution in [2.75, 3.05) is 6.61 Å². The first-order chi connectivity index (χ1) is 9.11. The minimum absolute atomic E-state index is 0.146. The van der Waals surface area contributed by atoms with Crippen LogP contribution in [0, 0.1) is 0 Å². The van der Waals surface area contributed by atoms with Gasteiger partial charge in [-0.2, -0.15) is 0 Å². The van der Waals surface area contributed by atoms with Gasteiger partial charge in [0.15, 0.2) is 6.61 Å². The molecule has 1 aromatic rings. The normalized spacial score (nSPS) is 10.9. The maximum atomic E-state index is 11.2. The monoisotopic (exact) mass is 448 g/mol. The molecule has 0 spiro atoms. The number of halogens is 3. The number of nitrogens with one attached hydrogen (secondary N) is 1. The number of urea groups is 1. The van der Waals surface area contributed by atoms with Crippen LogP contribution < -0.4 is 15.8 Å². The van der Waals surface area contributed by atoms with Gasteiger partial charge < -0.3 is 10.5 Å². The van der Waals surface area contributed by atoms with Crippen molar-refractivity contribution in [3.63, 3.8) is 0 Å². The van der Waals surface area contributed by atoms with E-state index in [1.165, 1.54) is 12.1 Å². The molecule has 7 nitrogen and oxygen atoms in total. The topological polar surface area (TPSA) is 116 Å². The summed E-state index contributed by atoms with van der Waals surface area (Å²) in [6.07, 6.45) is 0. The maximum absolute atomic E-state index is 11.2. The Labute approximate surface area is 135 Å². The van der Waals surface area contributed by atoms with Gasteiger partial charge >= 0.3 is 6.03 Å². The van der Waals surface area contributed by atoms with Crippen LogP contribution >= 0.6 is 42.5 Å². The van der Waals surface area contributed by atoms with Gasteiger partial charge in [-0.1, -0.05) is 0 Å². The number of hydrogen-bond donors (Lipinski definition) is 2. The van der Waals surface area contributed by atoms with Crippen molar-refractivity contribution < 1.29 is 22.7 Å².